The van der Waals surface area contributed by atoms with Gasteiger partial charge in [-0.15, -0.1) is 0 Å². The van der Waals surface area contributed by atoms with E-state index in [0.29, 0.717) is 0 Å². The molecule has 0 heterocycles. The summed E-state index contributed by atoms with van der Waals surface area (Å²) in [5.74, 6) is -3.11. The summed E-state index contributed by atoms with van der Waals surface area (Å²) >= 11 is 0. The third-order valence-corrected chi connectivity index (χ3v) is 0.442. The molecular weight excluding hydrogens is 171 g/mol. The molecule has 6 nitrogen and oxygen atoms in total. The maximum atomic E-state index is 9.86. The van der Waals surface area contributed by atoms with Crippen LogP contribution in [0.1, 0.15) is 6.92 Å². The number of ether oxygens (including phenoxy) is 1. The number of esters is 1. The SMILES string of the molecule is CCOC(=O)C(=O)[O-].[Al+3].[O-][O-]. The molecular formula is C4H5AlO6. The number of aliphatic carboxylic acids is 1. The van der Waals surface area contributed by atoms with Crippen LogP contribution in [0.15, 0.2) is 0 Å². The van der Waals surface area contributed by atoms with Gasteiger partial charge in [-0.05, 0) is 6.92 Å². The van der Waals surface area contributed by atoms with Gasteiger partial charge in [0.15, 0.2) is 5.97 Å². The van der Waals surface area contributed by atoms with Crippen molar-refractivity contribution in [2.45, 2.75) is 6.92 Å². The summed E-state index contributed by atoms with van der Waals surface area (Å²) in [5.41, 5.74) is 0. The summed E-state index contributed by atoms with van der Waals surface area (Å²) in [7, 11) is 0. The van der Waals surface area contributed by atoms with Crippen LogP contribution in [0.5, 0.6) is 0 Å². The molecule has 0 radical (unpaired) electrons. The molecule has 0 spiro atoms. The number of rotatable bonds is 1. The molecule has 0 unspecified atom stereocenters. The number of hydrogen-bond acceptors (Lipinski definition) is 6. The molecule has 0 N–H and O–H groups in total. The van der Waals surface area contributed by atoms with Gasteiger partial charge in [-0.3, -0.25) is 0 Å². The molecule has 0 aromatic carbocycles. The van der Waals surface area contributed by atoms with E-state index >= 15 is 0 Å². The normalized spacial score (nSPS) is 6.45. The number of carbonyl (C=O) groups excluding carboxylic acids is 2. The van der Waals surface area contributed by atoms with Gasteiger partial charge in [0, 0.05) is 0 Å². The van der Waals surface area contributed by atoms with Crippen LogP contribution >= 0.6 is 0 Å². The first-order valence-electron chi connectivity index (χ1n) is 2.23. The summed E-state index contributed by atoms with van der Waals surface area (Å²) in [6, 6.07) is 0. The molecule has 0 bridgehead atoms. The van der Waals surface area contributed by atoms with Gasteiger partial charge in [-0.25, -0.2) is 4.79 Å². The zero-order valence-electron chi connectivity index (χ0n) is 5.73. The van der Waals surface area contributed by atoms with E-state index in [1.165, 1.54) is 6.92 Å². The minimum atomic E-state index is -1.80. The summed E-state index contributed by atoms with van der Waals surface area (Å²) in [6.07, 6.45) is 0. The second-order valence-corrected chi connectivity index (χ2v) is 1.01. The molecule has 11 heavy (non-hydrogen) atoms. The fourth-order valence-electron chi connectivity index (χ4n) is 0.190. The molecule has 7 heteroatoms. The first-order valence-corrected chi connectivity index (χ1v) is 2.23. The van der Waals surface area contributed by atoms with Crippen LogP contribution in [0, 0.1) is 0 Å². The van der Waals surface area contributed by atoms with Crippen molar-refractivity contribution < 1.29 is 29.9 Å². The van der Waals surface area contributed by atoms with Gasteiger partial charge in [-0.2, -0.15) is 0 Å². The second-order valence-electron chi connectivity index (χ2n) is 1.01. The van der Waals surface area contributed by atoms with Crippen molar-refractivity contribution in [1.82, 2.24) is 0 Å². The molecule has 0 amide bonds. The van der Waals surface area contributed by atoms with E-state index in [9.17, 15) is 14.7 Å². The maximum absolute atomic E-state index is 9.86. The molecule has 0 saturated carbocycles. The van der Waals surface area contributed by atoms with Gasteiger partial charge in [-0.1, -0.05) is 0 Å². The summed E-state index contributed by atoms with van der Waals surface area (Å²) in [6.45, 7) is 1.58. The summed E-state index contributed by atoms with van der Waals surface area (Å²) in [4.78, 5) is 19.4. The minimum absolute atomic E-state index is 0. The average Bonchev–Trinajstić information content (AvgIpc) is 1.93. The molecule has 0 aliphatic heterocycles. The van der Waals surface area contributed by atoms with Crippen molar-refractivity contribution in [3.8, 4) is 0 Å². The van der Waals surface area contributed by atoms with Crippen molar-refractivity contribution in [3.05, 3.63) is 0 Å². The second kappa shape index (κ2) is 12.1. The van der Waals surface area contributed by atoms with E-state index in [1.54, 1.807) is 0 Å². The maximum Gasteiger partial charge on any atom is 3.00 e. The van der Waals surface area contributed by atoms with Gasteiger partial charge in [0.05, 0.1) is 6.61 Å². The molecule has 0 saturated heterocycles. The van der Waals surface area contributed by atoms with Crippen LogP contribution in [0.4, 0.5) is 0 Å². The first kappa shape index (κ1) is 16.8. The number of hydrogen-bond donors (Lipinski definition) is 0. The molecule has 0 aliphatic carbocycles. The van der Waals surface area contributed by atoms with Crippen molar-refractivity contribution in [3.63, 3.8) is 0 Å². The first-order chi connectivity index (χ1) is 4.68. The van der Waals surface area contributed by atoms with E-state index in [2.05, 4.69) is 4.74 Å². The van der Waals surface area contributed by atoms with E-state index in [4.69, 9.17) is 10.5 Å². The molecule has 0 aliphatic rings. The Morgan fingerprint density at radius 3 is 1.82 bits per heavy atom. The van der Waals surface area contributed by atoms with Crippen LogP contribution in [-0.2, 0) is 14.3 Å². The monoisotopic (exact) mass is 176 g/mol. The quantitative estimate of drug-likeness (QED) is 0.131. The zero-order chi connectivity index (χ0) is 8.57. The van der Waals surface area contributed by atoms with Crippen molar-refractivity contribution in [1.29, 1.82) is 0 Å². The number of carboxylic acid groups (broad SMARTS) is 1. The van der Waals surface area contributed by atoms with Crippen molar-refractivity contribution in [2.75, 3.05) is 6.61 Å². The van der Waals surface area contributed by atoms with Crippen LogP contribution < -0.4 is 15.6 Å². The van der Waals surface area contributed by atoms with Gasteiger partial charge in [0.25, 0.3) is 0 Å². The Bertz CT molecular complexity index is 113. The smallest absolute Gasteiger partial charge is 1.00 e. The fraction of sp³-hybridized carbons (Fsp3) is 0.500. The topological polar surface area (TPSA) is 113 Å². The van der Waals surface area contributed by atoms with Gasteiger partial charge in [0.1, 0.15) is 0 Å². The van der Waals surface area contributed by atoms with Crippen LogP contribution in [0.25, 0.3) is 0 Å². The third-order valence-electron chi connectivity index (χ3n) is 0.442. The Kier molecular flexibility index (Phi) is 18.5. The molecule has 0 atom stereocenters. The largest absolute Gasteiger partial charge is 3.00 e. The number of carbonyl (C=O) groups is 2. The van der Waals surface area contributed by atoms with Gasteiger partial charge >= 0.3 is 23.3 Å². The molecule has 60 valence electrons. The fourth-order valence-corrected chi connectivity index (χ4v) is 0.190. The average molecular weight is 176 g/mol. The Labute approximate surface area is 73.5 Å². The molecule has 0 fully saturated rings. The van der Waals surface area contributed by atoms with E-state index in [-0.39, 0.29) is 24.0 Å². The van der Waals surface area contributed by atoms with Gasteiger partial charge < -0.3 is 25.2 Å². The Balaban J connectivity index is -0.000000196. The molecule has 0 rings (SSSR count). The third kappa shape index (κ3) is 12.6. The molecule has 0 aromatic rings. The summed E-state index contributed by atoms with van der Waals surface area (Å²) < 4.78 is 4.00. The summed E-state index contributed by atoms with van der Waals surface area (Å²) in [5, 5.41) is 23.5. The predicted octanol–water partition coefficient (Wildman–Crippen LogP) is -4.46. The Morgan fingerprint density at radius 2 is 1.73 bits per heavy atom. The van der Waals surface area contributed by atoms with Crippen LogP contribution in [-0.4, -0.2) is 35.9 Å². The predicted molar refractivity (Wildman–Crippen MR) is 27.4 cm³/mol. The van der Waals surface area contributed by atoms with Crippen molar-refractivity contribution >= 4 is 29.3 Å². The number of carboxylic acids is 1. The minimum Gasteiger partial charge on any atom is -1.00 e. The van der Waals surface area contributed by atoms with Crippen LogP contribution in [0.2, 0.25) is 0 Å². The van der Waals surface area contributed by atoms with E-state index in [0.717, 1.165) is 0 Å². The van der Waals surface area contributed by atoms with Crippen LogP contribution in [0.3, 0.4) is 0 Å². The molecule has 0 aromatic heterocycles. The Morgan fingerprint density at radius 1 is 1.36 bits per heavy atom. The standard InChI is InChI=1S/C4H6O4.Al.O2/c1-2-8-4(7)3(5)6;;1-2/h2H2,1H3,(H,5,6);;/q;+3;-2/p-1. The van der Waals surface area contributed by atoms with Gasteiger partial charge in [0.2, 0.25) is 0 Å². The van der Waals surface area contributed by atoms with E-state index < -0.39 is 11.9 Å². The van der Waals surface area contributed by atoms with E-state index in [1.807, 2.05) is 0 Å². The Hall–Kier alpha value is -0.608. The zero-order valence-corrected chi connectivity index (χ0v) is 6.89. The van der Waals surface area contributed by atoms with Crippen molar-refractivity contribution in [2.24, 2.45) is 0 Å².